The molecule has 0 aliphatic heterocycles. The van der Waals surface area contributed by atoms with Crippen LogP contribution in [-0.4, -0.2) is 5.97 Å². The number of furan rings is 1. The van der Waals surface area contributed by atoms with Gasteiger partial charge in [0.2, 0.25) is 0 Å². The van der Waals surface area contributed by atoms with Crippen molar-refractivity contribution < 1.29 is 13.9 Å². The van der Waals surface area contributed by atoms with Crippen molar-refractivity contribution in [2.24, 2.45) is 5.92 Å². The van der Waals surface area contributed by atoms with Crippen LogP contribution in [0.15, 0.2) is 34.7 Å². The van der Waals surface area contributed by atoms with Crippen molar-refractivity contribution in [3.8, 4) is 0 Å². The summed E-state index contributed by atoms with van der Waals surface area (Å²) in [6.07, 6.45) is 1.63. The Kier molecular flexibility index (Phi) is 4.03. The van der Waals surface area contributed by atoms with Crippen LogP contribution in [0, 0.1) is 5.92 Å². The summed E-state index contributed by atoms with van der Waals surface area (Å²) in [5, 5.41) is 1.03. The summed E-state index contributed by atoms with van der Waals surface area (Å²) in [5.41, 5.74) is 0.825. The molecule has 0 unspecified atom stereocenters. The molecule has 1 heterocycles. The fourth-order valence-corrected chi connectivity index (χ4v) is 1.99. The topological polar surface area (TPSA) is 39.4 Å². The Balaban J connectivity index is 1.99. The Labute approximate surface area is 107 Å². The van der Waals surface area contributed by atoms with E-state index < -0.39 is 0 Å². The highest BCUT2D eigenvalue weighted by Crippen LogP contribution is 2.20. The lowest BCUT2D eigenvalue weighted by molar-refractivity contribution is -0.150. The van der Waals surface area contributed by atoms with Crippen LogP contribution < -0.4 is 0 Å². The van der Waals surface area contributed by atoms with Crippen LogP contribution >= 0.6 is 0 Å². The van der Waals surface area contributed by atoms with E-state index in [9.17, 15) is 4.79 Å². The van der Waals surface area contributed by atoms with Crippen molar-refractivity contribution >= 4 is 16.9 Å². The summed E-state index contributed by atoms with van der Waals surface area (Å²) < 4.78 is 10.9. The first-order chi connectivity index (χ1) is 8.74. The molecule has 1 aromatic carbocycles. The van der Waals surface area contributed by atoms with Crippen molar-refractivity contribution in [2.45, 2.75) is 33.3 Å². The monoisotopic (exact) mass is 246 g/mol. The molecular weight excluding hydrogens is 228 g/mol. The number of benzene rings is 1. The molecule has 1 aromatic heterocycles. The molecule has 0 radical (unpaired) electrons. The number of carbonyl (C=O) groups is 1. The molecule has 0 saturated heterocycles. The van der Waals surface area contributed by atoms with E-state index in [1.165, 1.54) is 0 Å². The van der Waals surface area contributed by atoms with E-state index in [1.54, 1.807) is 0 Å². The minimum atomic E-state index is -0.138. The third-order valence-electron chi connectivity index (χ3n) is 3.15. The Bertz CT molecular complexity index is 490. The molecule has 18 heavy (non-hydrogen) atoms. The van der Waals surface area contributed by atoms with Gasteiger partial charge in [-0.1, -0.05) is 32.0 Å². The molecule has 96 valence electrons. The van der Waals surface area contributed by atoms with Crippen LogP contribution in [0.25, 0.3) is 11.0 Å². The van der Waals surface area contributed by atoms with E-state index in [0.717, 1.165) is 23.8 Å². The highest BCUT2D eigenvalue weighted by molar-refractivity contribution is 5.77. The zero-order valence-corrected chi connectivity index (χ0v) is 10.8. The van der Waals surface area contributed by atoms with Crippen molar-refractivity contribution in [3.05, 3.63) is 36.1 Å². The highest BCUT2D eigenvalue weighted by atomic mass is 16.5. The zero-order valence-electron chi connectivity index (χ0n) is 10.8. The first-order valence-electron chi connectivity index (χ1n) is 6.38. The Morgan fingerprint density at radius 1 is 1.28 bits per heavy atom. The maximum Gasteiger partial charge on any atom is 0.309 e. The fraction of sp³-hybridized carbons (Fsp3) is 0.400. The second-order valence-electron chi connectivity index (χ2n) is 4.37. The predicted octanol–water partition coefficient (Wildman–Crippen LogP) is 3.91. The highest BCUT2D eigenvalue weighted by Gasteiger charge is 2.16. The lowest BCUT2D eigenvalue weighted by Gasteiger charge is -2.10. The number of hydrogen-bond acceptors (Lipinski definition) is 3. The summed E-state index contributed by atoms with van der Waals surface area (Å²) in [6.45, 7) is 4.21. The Morgan fingerprint density at radius 2 is 2.00 bits per heavy atom. The molecule has 0 bridgehead atoms. The number of esters is 1. The smallest absolute Gasteiger partial charge is 0.309 e. The van der Waals surface area contributed by atoms with Crippen molar-refractivity contribution in [2.75, 3.05) is 0 Å². The quantitative estimate of drug-likeness (QED) is 0.751. The molecule has 0 N–H and O–H groups in total. The third-order valence-corrected chi connectivity index (χ3v) is 3.15. The van der Waals surface area contributed by atoms with Gasteiger partial charge in [0.1, 0.15) is 18.0 Å². The van der Waals surface area contributed by atoms with Crippen LogP contribution in [0.1, 0.15) is 32.4 Å². The molecule has 0 amide bonds. The number of ether oxygens (including phenoxy) is 1. The maximum atomic E-state index is 11.7. The first kappa shape index (κ1) is 12.7. The van der Waals surface area contributed by atoms with E-state index in [4.69, 9.17) is 9.15 Å². The molecule has 0 fully saturated rings. The summed E-state index contributed by atoms with van der Waals surface area (Å²) in [6, 6.07) is 9.67. The summed E-state index contributed by atoms with van der Waals surface area (Å²) >= 11 is 0. The molecule has 0 aliphatic carbocycles. The van der Waals surface area contributed by atoms with Gasteiger partial charge in [-0.25, -0.2) is 0 Å². The Hall–Kier alpha value is -1.77. The van der Waals surface area contributed by atoms with Gasteiger partial charge >= 0.3 is 5.97 Å². The van der Waals surface area contributed by atoms with Gasteiger partial charge in [0.25, 0.3) is 0 Å². The van der Waals surface area contributed by atoms with Gasteiger partial charge in [-0.3, -0.25) is 4.79 Å². The van der Waals surface area contributed by atoms with Gasteiger partial charge in [0.15, 0.2) is 0 Å². The van der Waals surface area contributed by atoms with E-state index in [2.05, 4.69) is 0 Å². The van der Waals surface area contributed by atoms with Gasteiger partial charge in [-0.05, 0) is 25.0 Å². The number of fused-ring (bicyclic) bond motifs is 1. The number of rotatable bonds is 5. The molecule has 3 heteroatoms. The lowest BCUT2D eigenvalue weighted by Crippen LogP contribution is -2.15. The lowest BCUT2D eigenvalue weighted by atomic mass is 10.0. The summed E-state index contributed by atoms with van der Waals surface area (Å²) in [7, 11) is 0. The van der Waals surface area contributed by atoms with Crippen LogP contribution in [0.3, 0.4) is 0 Å². The van der Waals surface area contributed by atoms with Gasteiger partial charge in [-0.2, -0.15) is 0 Å². The molecule has 0 aliphatic rings. The second-order valence-corrected chi connectivity index (χ2v) is 4.37. The van der Waals surface area contributed by atoms with Gasteiger partial charge in [-0.15, -0.1) is 0 Å². The van der Waals surface area contributed by atoms with Crippen molar-refractivity contribution in [3.63, 3.8) is 0 Å². The summed E-state index contributed by atoms with van der Waals surface area (Å²) in [4.78, 5) is 11.7. The average Bonchev–Trinajstić information content (AvgIpc) is 2.80. The van der Waals surface area contributed by atoms with Crippen molar-refractivity contribution in [1.82, 2.24) is 0 Å². The van der Waals surface area contributed by atoms with Crippen LogP contribution in [-0.2, 0) is 16.1 Å². The third kappa shape index (κ3) is 2.73. The van der Waals surface area contributed by atoms with Gasteiger partial charge in [0, 0.05) is 5.39 Å². The summed E-state index contributed by atoms with van der Waals surface area (Å²) in [5.74, 6) is 0.547. The Morgan fingerprint density at radius 3 is 2.67 bits per heavy atom. The molecule has 3 nitrogen and oxygen atoms in total. The SMILES string of the molecule is CCC(CC)C(=O)OCc1cc2ccccc2o1. The normalized spacial score (nSPS) is 11.1. The molecule has 0 saturated carbocycles. The average molecular weight is 246 g/mol. The maximum absolute atomic E-state index is 11.7. The fourth-order valence-electron chi connectivity index (χ4n) is 1.99. The zero-order chi connectivity index (χ0) is 13.0. The van der Waals surface area contributed by atoms with E-state index in [1.807, 2.05) is 44.2 Å². The molecule has 2 aromatic rings. The minimum absolute atomic E-state index is 0.00521. The minimum Gasteiger partial charge on any atom is -0.457 e. The molecular formula is C15H18O3. The van der Waals surface area contributed by atoms with E-state index >= 15 is 0 Å². The van der Waals surface area contributed by atoms with Gasteiger partial charge in [0.05, 0.1) is 5.92 Å². The number of para-hydroxylation sites is 1. The largest absolute Gasteiger partial charge is 0.457 e. The van der Waals surface area contributed by atoms with Crippen LogP contribution in [0.4, 0.5) is 0 Å². The molecule has 0 atom stereocenters. The van der Waals surface area contributed by atoms with Gasteiger partial charge < -0.3 is 9.15 Å². The van der Waals surface area contributed by atoms with Crippen LogP contribution in [0.2, 0.25) is 0 Å². The molecule has 2 rings (SSSR count). The number of carbonyl (C=O) groups excluding carboxylic acids is 1. The second kappa shape index (κ2) is 5.71. The molecule has 0 spiro atoms. The predicted molar refractivity (Wildman–Crippen MR) is 70.1 cm³/mol. The van der Waals surface area contributed by atoms with E-state index in [-0.39, 0.29) is 18.5 Å². The van der Waals surface area contributed by atoms with E-state index in [0.29, 0.717) is 5.76 Å². The first-order valence-corrected chi connectivity index (χ1v) is 6.38. The van der Waals surface area contributed by atoms with Crippen molar-refractivity contribution in [1.29, 1.82) is 0 Å². The standard InChI is InChI=1S/C15H18O3/c1-3-11(4-2)15(16)17-10-13-9-12-7-5-6-8-14(12)18-13/h5-9,11H,3-4,10H2,1-2H3. The van der Waals surface area contributed by atoms with Crippen LogP contribution in [0.5, 0.6) is 0 Å². The number of hydrogen-bond donors (Lipinski definition) is 0.